The summed E-state index contributed by atoms with van der Waals surface area (Å²) in [6.07, 6.45) is 0.495. The van der Waals surface area contributed by atoms with Gasteiger partial charge in [0.2, 0.25) is 11.0 Å². The molecule has 1 unspecified atom stereocenters. The van der Waals surface area contributed by atoms with Gasteiger partial charge in [-0.3, -0.25) is 4.79 Å². The van der Waals surface area contributed by atoms with E-state index in [-0.39, 0.29) is 11.2 Å². The highest BCUT2D eigenvalue weighted by atomic mass is 35.5. The van der Waals surface area contributed by atoms with Crippen molar-refractivity contribution in [3.8, 4) is 0 Å². The second-order valence-corrected chi connectivity index (χ2v) is 8.38. The van der Waals surface area contributed by atoms with Gasteiger partial charge in [-0.2, -0.15) is 4.99 Å². The predicted molar refractivity (Wildman–Crippen MR) is 106 cm³/mol. The first-order valence-corrected chi connectivity index (χ1v) is 9.90. The molecule has 1 fully saturated rings. The lowest BCUT2D eigenvalue weighted by Crippen LogP contribution is -2.26. The van der Waals surface area contributed by atoms with Crippen LogP contribution in [0.1, 0.15) is 5.56 Å². The first-order chi connectivity index (χ1) is 12.1. The maximum Gasteiger partial charge on any atom is 0.239 e. The molecule has 25 heavy (non-hydrogen) atoms. The monoisotopic (exact) mass is 407 g/mol. The van der Waals surface area contributed by atoms with Crippen LogP contribution in [0.2, 0.25) is 10.0 Å². The Morgan fingerprint density at radius 3 is 2.84 bits per heavy atom. The van der Waals surface area contributed by atoms with E-state index in [1.165, 1.54) is 23.1 Å². The molecule has 1 aliphatic rings. The van der Waals surface area contributed by atoms with E-state index in [1.54, 1.807) is 6.07 Å². The smallest absolute Gasteiger partial charge is 0.239 e. The van der Waals surface area contributed by atoms with E-state index in [0.717, 1.165) is 15.8 Å². The molecule has 0 spiro atoms. The summed E-state index contributed by atoms with van der Waals surface area (Å²) in [5, 5.41) is 4.71. The molecule has 2 aromatic carbocycles. The van der Waals surface area contributed by atoms with Gasteiger partial charge in [0, 0.05) is 0 Å². The Balaban J connectivity index is 1.54. The Kier molecular flexibility index (Phi) is 4.69. The van der Waals surface area contributed by atoms with Crippen LogP contribution in [-0.4, -0.2) is 21.3 Å². The third kappa shape index (κ3) is 3.53. The van der Waals surface area contributed by atoms with Crippen LogP contribution in [0.5, 0.6) is 0 Å². The fraction of sp³-hybridized carbons (Fsp3) is 0.118. The normalized spacial score (nSPS) is 18.9. The van der Waals surface area contributed by atoms with Gasteiger partial charge in [-0.1, -0.05) is 70.6 Å². The maximum absolute atomic E-state index is 12.2. The molecule has 1 atom stereocenters. The van der Waals surface area contributed by atoms with Crippen LogP contribution in [-0.2, 0) is 11.2 Å². The van der Waals surface area contributed by atoms with E-state index in [0.29, 0.717) is 26.8 Å². The first-order valence-electron chi connectivity index (χ1n) is 7.45. The minimum atomic E-state index is -0.288. The van der Waals surface area contributed by atoms with Gasteiger partial charge in [0.1, 0.15) is 0 Å². The molecular formula is C17H11Cl2N3OS2. The molecule has 3 aromatic rings. The number of para-hydroxylation sites is 1. The zero-order valence-corrected chi connectivity index (χ0v) is 15.8. The van der Waals surface area contributed by atoms with Gasteiger partial charge >= 0.3 is 0 Å². The number of carbonyl (C=O) groups excluding carboxylic acids is 1. The fourth-order valence-corrected chi connectivity index (χ4v) is 4.79. The van der Waals surface area contributed by atoms with Crippen LogP contribution >= 0.6 is 46.3 Å². The van der Waals surface area contributed by atoms with Crippen molar-refractivity contribution < 1.29 is 4.79 Å². The number of thiazole rings is 1. The van der Waals surface area contributed by atoms with Crippen molar-refractivity contribution in [1.29, 1.82) is 0 Å². The lowest BCUT2D eigenvalue weighted by atomic mass is 10.1. The van der Waals surface area contributed by atoms with Crippen molar-refractivity contribution in [2.75, 3.05) is 0 Å². The molecule has 0 radical (unpaired) electrons. The number of amidine groups is 1. The third-order valence-corrected chi connectivity index (χ3v) is 6.56. The molecule has 4 nitrogen and oxygen atoms in total. The molecule has 0 saturated carbocycles. The van der Waals surface area contributed by atoms with Crippen molar-refractivity contribution >= 4 is 72.7 Å². The number of fused-ring (bicyclic) bond motifs is 1. The zero-order chi connectivity index (χ0) is 17.4. The summed E-state index contributed by atoms with van der Waals surface area (Å²) >= 11 is 15.1. The van der Waals surface area contributed by atoms with E-state index in [2.05, 4.69) is 15.3 Å². The first kappa shape index (κ1) is 16.8. The number of nitrogens with zero attached hydrogens (tertiary/aromatic N) is 2. The standard InChI is InChI=1S/C17H11Cl2N3OS2/c18-10-5-3-4-9(14(10)19)8-13-15(23)21-17(25-13)22-16-20-11-6-1-2-7-12(11)24-16/h1-7,13H,8H2,(H,20,21,22,23). The molecule has 1 N–H and O–H groups in total. The SMILES string of the molecule is O=C1N/C(=N/c2nc3ccccc3s2)SC1Cc1cccc(Cl)c1Cl. The van der Waals surface area contributed by atoms with Crippen molar-refractivity contribution in [3.63, 3.8) is 0 Å². The summed E-state index contributed by atoms with van der Waals surface area (Å²) in [6.45, 7) is 0. The third-order valence-electron chi connectivity index (χ3n) is 3.69. The number of carbonyl (C=O) groups is 1. The molecule has 8 heteroatoms. The Bertz CT molecular complexity index is 969. The van der Waals surface area contributed by atoms with Gasteiger partial charge < -0.3 is 5.32 Å². The number of amides is 1. The summed E-state index contributed by atoms with van der Waals surface area (Å²) in [7, 11) is 0. The summed E-state index contributed by atoms with van der Waals surface area (Å²) in [4.78, 5) is 21.2. The van der Waals surface area contributed by atoms with Crippen molar-refractivity contribution in [3.05, 3.63) is 58.1 Å². The molecule has 1 saturated heterocycles. The van der Waals surface area contributed by atoms with Gasteiger partial charge in [-0.05, 0) is 30.2 Å². The van der Waals surface area contributed by atoms with Crippen LogP contribution in [0, 0.1) is 0 Å². The summed E-state index contributed by atoms with van der Waals surface area (Å²) < 4.78 is 1.07. The number of rotatable bonds is 3. The van der Waals surface area contributed by atoms with Crippen LogP contribution < -0.4 is 5.32 Å². The largest absolute Gasteiger partial charge is 0.304 e. The van der Waals surface area contributed by atoms with E-state index in [4.69, 9.17) is 23.2 Å². The van der Waals surface area contributed by atoms with Gasteiger partial charge in [0.25, 0.3) is 0 Å². The molecule has 0 bridgehead atoms. The number of hydrogen-bond acceptors (Lipinski definition) is 5. The molecule has 4 rings (SSSR count). The van der Waals surface area contributed by atoms with Crippen molar-refractivity contribution in [2.24, 2.45) is 4.99 Å². The maximum atomic E-state index is 12.2. The minimum Gasteiger partial charge on any atom is -0.304 e. The molecule has 1 aromatic heterocycles. The van der Waals surface area contributed by atoms with E-state index < -0.39 is 0 Å². The number of aliphatic imine (C=N–C) groups is 1. The Morgan fingerprint density at radius 2 is 2.00 bits per heavy atom. The number of aromatic nitrogens is 1. The second-order valence-electron chi connectivity index (χ2n) is 5.39. The number of benzene rings is 2. The van der Waals surface area contributed by atoms with Gasteiger partial charge in [0.05, 0.1) is 25.5 Å². The quantitative estimate of drug-likeness (QED) is 0.659. The predicted octanol–water partition coefficient (Wildman–Crippen LogP) is 5.06. The van der Waals surface area contributed by atoms with E-state index in [1.807, 2.05) is 36.4 Å². The average molecular weight is 408 g/mol. The molecule has 126 valence electrons. The highest BCUT2D eigenvalue weighted by Crippen LogP contribution is 2.33. The van der Waals surface area contributed by atoms with Crippen molar-refractivity contribution in [1.82, 2.24) is 10.3 Å². The lowest BCUT2D eigenvalue weighted by Gasteiger charge is -2.08. The molecule has 1 amide bonds. The van der Waals surface area contributed by atoms with Crippen LogP contribution in [0.3, 0.4) is 0 Å². The average Bonchev–Trinajstić information content (AvgIpc) is 3.15. The zero-order valence-electron chi connectivity index (χ0n) is 12.7. The van der Waals surface area contributed by atoms with Crippen LogP contribution in [0.4, 0.5) is 5.13 Å². The lowest BCUT2D eigenvalue weighted by molar-refractivity contribution is -0.118. The molecule has 0 aliphatic carbocycles. The summed E-state index contributed by atoms with van der Waals surface area (Å²) in [5.74, 6) is -0.0825. The topological polar surface area (TPSA) is 54.4 Å². The summed E-state index contributed by atoms with van der Waals surface area (Å²) in [6, 6.07) is 13.3. The van der Waals surface area contributed by atoms with Crippen molar-refractivity contribution in [2.45, 2.75) is 11.7 Å². The molecule has 1 aliphatic heterocycles. The number of hydrogen-bond donors (Lipinski definition) is 1. The van der Waals surface area contributed by atoms with Crippen LogP contribution in [0.25, 0.3) is 10.2 Å². The number of halogens is 2. The van der Waals surface area contributed by atoms with Gasteiger partial charge in [0.15, 0.2) is 5.17 Å². The van der Waals surface area contributed by atoms with Gasteiger partial charge in [-0.25, -0.2) is 4.98 Å². The minimum absolute atomic E-state index is 0.0825. The Morgan fingerprint density at radius 1 is 1.16 bits per heavy atom. The second kappa shape index (κ2) is 6.96. The Hall–Kier alpha value is -1.60. The van der Waals surface area contributed by atoms with Gasteiger partial charge in [-0.15, -0.1) is 0 Å². The number of nitrogens with one attached hydrogen (secondary N) is 1. The van der Waals surface area contributed by atoms with Crippen LogP contribution in [0.15, 0.2) is 47.5 Å². The summed E-state index contributed by atoms with van der Waals surface area (Å²) in [5.41, 5.74) is 1.76. The van der Waals surface area contributed by atoms with E-state index in [9.17, 15) is 4.79 Å². The Labute approximate surface area is 162 Å². The highest BCUT2D eigenvalue weighted by molar-refractivity contribution is 8.15. The number of thioether (sulfide) groups is 1. The fourth-order valence-electron chi connectivity index (χ4n) is 2.49. The molecular weight excluding hydrogens is 397 g/mol. The highest BCUT2D eigenvalue weighted by Gasteiger charge is 2.31. The molecule has 2 heterocycles. The van der Waals surface area contributed by atoms with E-state index >= 15 is 0 Å².